The average molecular weight is 347 g/mol. The molecule has 22 heavy (non-hydrogen) atoms. The van der Waals surface area contributed by atoms with Gasteiger partial charge in [0.2, 0.25) is 0 Å². The van der Waals surface area contributed by atoms with Crippen LogP contribution < -0.4 is 4.90 Å². The van der Waals surface area contributed by atoms with E-state index in [-0.39, 0.29) is 31.4 Å². The molecule has 6 heteroatoms. The maximum absolute atomic E-state index is 9.86. The Bertz CT molecular complexity index is 432. The Hall–Kier alpha value is -0.960. The van der Waals surface area contributed by atoms with Gasteiger partial charge < -0.3 is 14.7 Å². The SMILES string of the molecule is C#CCOCC(O)CN1CCN(c2ccccc2)CC1.Cl.Cl. The van der Waals surface area contributed by atoms with Crippen molar-refractivity contribution in [3.8, 4) is 12.3 Å². The molecule has 2 rings (SSSR count). The maximum atomic E-state index is 9.86. The Morgan fingerprint density at radius 3 is 2.36 bits per heavy atom. The number of ether oxygens (including phenoxy) is 1. The van der Waals surface area contributed by atoms with Gasteiger partial charge in [0, 0.05) is 38.4 Å². The number of hydrogen-bond acceptors (Lipinski definition) is 4. The van der Waals surface area contributed by atoms with Gasteiger partial charge in [-0.1, -0.05) is 24.1 Å². The molecule has 0 saturated carbocycles. The predicted molar refractivity (Wildman–Crippen MR) is 95.2 cm³/mol. The molecule has 0 radical (unpaired) electrons. The monoisotopic (exact) mass is 346 g/mol. The summed E-state index contributed by atoms with van der Waals surface area (Å²) in [4.78, 5) is 4.64. The highest BCUT2D eigenvalue weighted by Gasteiger charge is 2.19. The molecule has 0 aliphatic carbocycles. The van der Waals surface area contributed by atoms with Gasteiger partial charge >= 0.3 is 0 Å². The number of piperazine rings is 1. The number of β-amino-alcohol motifs (C(OH)–C–C–N with tert-alkyl or cyclic N) is 1. The van der Waals surface area contributed by atoms with E-state index in [9.17, 15) is 5.11 Å². The number of rotatable bonds is 6. The van der Waals surface area contributed by atoms with Gasteiger partial charge in [-0.25, -0.2) is 0 Å². The summed E-state index contributed by atoms with van der Waals surface area (Å²) in [6.07, 6.45) is 4.63. The number of nitrogens with zero attached hydrogens (tertiary/aromatic N) is 2. The molecule has 0 spiro atoms. The van der Waals surface area contributed by atoms with Crippen LogP contribution in [0.25, 0.3) is 0 Å². The average Bonchev–Trinajstić information content (AvgIpc) is 2.49. The van der Waals surface area contributed by atoms with Crippen molar-refractivity contribution < 1.29 is 9.84 Å². The number of anilines is 1. The van der Waals surface area contributed by atoms with Gasteiger partial charge in [-0.3, -0.25) is 4.90 Å². The zero-order valence-corrected chi connectivity index (χ0v) is 14.2. The fourth-order valence-electron chi connectivity index (χ4n) is 2.43. The molecule has 1 saturated heterocycles. The number of benzene rings is 1. The van der Waals surface area contributed by atoms with Crippen molar-refractivity contribution >= 4 is 30.5 Å². The molecule has 1 aliphatic heterocycles. The highest BCUT2D eigenvalue weighted by Crippen LogP contribution is 2.15. The summed E-state index contributed by atoms with van der Waals surface area (Å²) in [5.74, 6) is 2.40. The van der Waals surface area contributed by atoms with Crippen LogP contribution in [0.15, 0.2) is 30.3 Å². The van der Waals surface area contributed by atoms with E-state index in [0.29, 0.717) is 13.2 Å². The topological polar surface area (TPSA) is 35.9 Å². The molecule has 1 heterocycles. The molecule has 1 aliphatic rings. The summed E-state index contributed by atoms with van der Waals surface area (Å²) in [6.45, 7) is 5.11. The second kappa shape index (κ2) is 11.6. The quantitative estimate of drug-likeness (QED) is 0.627. The van der Waals surface area contributed by atoms with Crippen molar-refractivity contribution in [1.82, 2.24) is 4.90 Å². The van der Waals surface area contributed by atoms with E-state index in [1.807, 2.05) is 6.07 Å². The van der Waals surface area contributed by atoms with Gasteiger partial charge in [0.05, 0.1) is 12.7 Å². The molecular formula is C16H24Cl2N2O2. The van der Waals surface area contributed by atoms with Gasteiger partial charge in [-0.2, -0.15) is 0 Å². The second-order valence-electron chi connectivity index (χ2n) is 5.00. The number of terminal acetylenes is 1. The Morgan fingerprint density at radius 1 is 1.14 bits per heavy atom. The van der Waals surface area contributed by atoms with Crippen LogP contribution in [0, 0.1) is 12.3 Å². The van der Waals surface area contributed by atoms with Crippen molar-refractivity contribution in [2.45, 2.75) is 6.10 Å². The van der Waals surface area contributed by atoms with Crippen molar-refractivity contribution in [2.75, 3.05) is 50.8 Å². The highest BCUT2D eigenvalue weighted by atomic mass is 35.5. The third kappa shape index (κ3) is 6.87. The van der Waals surface area contributed by atoms with Crippen molar-refractivity contribution in [3.05, 3.63) is 30.3 Å². The third-order valence-electron chi connectivity index (χ3n) is 3.46. The third-order valence-corrected chi connectivity index (χ3v) is 3.46. The molecule has 124 valence electrons. The van der Waals surface area contributed by atoms with Crippen LogP contribution in [-0.4, -0.2) is 62.0 Å². The fraction of sp³-hybridized carbons (Fsp3) is 0.500. The molecule has 0 bridgehead atoms. The molecule has 1 aromatic carbocycles. The van der Waals surface area contributed by atoms with Crippen molar-refractivity contribution in [3.63, 3.8) is 0 Å². The minimum Gasteiger partial charge on any atom is -0.389 e. The molecule has 1 fully saturated rings. The first-order chi connectivity index (χ1) is 9.79. The zero-order chi connectivity index (χ0) is 14.2. The summed E-state index contributed by atoms with van der Waals surface area (Å²) >= 11 is 0. The van der Waals surface area contributed by atoms with Gasteiger partial charge in [-0.05, 0) is 12.1 Å². The van der Waals surface area contributed by atoms with Crippen LogP contribution in [-0.2, 0) is 4.74 Å². The van der Waals surface area contributed by atoms with Crippen LogP contribution in [0.1, 0.15) is 0 Å². The van der Waals surface area contributed by atoms with Gasteiger partial charge in [0.15, 0.2) is 0 Å². The lowest BCUT2D eigenvalue weighted by Gasteiger charge is -2.36. The number of aliphatic hydroxyl groups excluding tert-OH is 1. The molecule has 1 N–H and O–H groups in total. The molecule has 1 aromatic rings. The Balaban J connectivity index is 0.00000220. The number of aliphatic hydroxyl groups is 1. The first-order valence-electron chi connectivity index (χ1n) is 7.01. The first-order valence-corrected chi connectivity index (χ1v) is 7.01. The largest absolute Gasteiger partial charge is 0.389 e. The van der Waals surface area contributed by atoms with Crippen LogP contribution in [0.4, 0.5) is 5.69 Å². The predicted octanol–water partition coefficient (Wildman–Crippen LogP) is 1.66. The summed E-state index contributed by atoms with van der Waals surface area (Å²) in [5, 5.41) is 9.86. The lowest BCUT2D eigenvalue weighted by molar-refractivity contribution is 0.0267. The molecule has 1 unspecified atom stereocenters. The van der Waals surface area contributed by atoms with E-state index in [2.05, 4.69) is 40.0 Å². The molecule has 4 nitrogen and oxygen atoms in total. The lowest BCUT2D eigenvalue weighted by atomic mass is 10.2. The smallest absolute Gasteiger partial charge is 0.107 e. The van der Waals surface area contributed by atoms with Crippen molar-refractivity contribution in [2.24, 2.45) is 0 Å². The van der Waals surface area contributed by atoms with Gasteiger partial charge in [-0.15, -0.1) is 31.2 Å². The summed E-state index contributed by atoms with van der Waals surface area (Å²) < 4.78 is 5.15. The van der Waals surface area contributed by atoms with E-state index in [4.69, 9.17) is 11.2 Å². The summed E-state index contributed by atoms with van der Waals surface area (Å²) in [7, 11) is 0. The second-order valence-corrected chi connectivity index (χ2v) is 5.00. The number of halogens is 2. The Morgan fingerprint density at radius 2 is 1.77 bits per heavy atom. The summed E-state index contributed by atoms with van der Waals surface area (Å²) in [6, 6.07) is 10.4. The number of para-hydroxylation sites is 1. The van der Waals surface area contributed by atoms with Crippen LogP contribution in [0.2, 0.25) is 0 Å². The standard InChI is InChI=1S/C16H22N2O2.2ClH/c1-2-12-20-14-16(19)13-17-8-10-18(11-9-17)15-6-4-3-5-7-15;;/h1,3-7,16,19H,8-14H2;2*1H. The van der Waals surface area contributed by atoms with Crippen LogP contribution >= 0.6 is 24.8 Å². The van der Waals surface area contributed by atoms with Crippen LogP contribution in [0.3, 0.4) is 0 Å². The minimum absolute atomic E-state index is 0. The molecule has 0 aromatic heterocycles. The van der Waals surface area contributed by atoms with Gasteiger partial charge in [0.25, 0.3) is 0 Å². The fourth-order valence-corrected chi connectivity index (χ4v) is 2.43. The Labute approximate surface area is 145 Å². The van der Waals surface area contributed by atoms with E-state index < -0.39 is 6.10 Å². The lowest BCUT2D eigenvalue weighted by Crippen LogP contribution is -2.49. The van der Waals surface area contributed by atoms with Crippen molar-refractivity contribution in [1.29, 1.82) is 0 Å². The summed E-state index contributed by atoms with van der Waals surface area (Å²) in [5.41, 5.74) is 1.27. The van der Waals surface area contributed by atoms with E-state index in [1.165, 1.54) is 5.69 Å². The van der Waals surface area contributed by atoms with E-state index >= 15 is 0 Å². The zero-order valence-electron chi connectivity index (χ0n) is 12.6. The highest BCUT2D eigenvalue weighted by molar-refractivity contribution is 5.85. The first kappa shape index (κ1) is 21.0. The van der Waals surface area contributed by atoms with Crippen LogP contribution in [0.5, 0.6) is 0 Å². The molecule has 1 atom stereocenters. The van der Waals surface area contributed by atoms with E-state index in [0.717, 1.165) is 26.2 Å². The maximum Gasteiger partial charge on any atom is 0.107 e. The minimum atomic E-state index is -0.466. The van der Waals surface area contributed by atoms with E-state index in [1.54, 1.807) is 0 Å². The molecular weight excluding hydrogens is 323 g/mol. The van der Waals surface area contributed by atoms with Gasteiger partial charge in [0.1, 0.15) is 6.61 Å². The Kier molecular flexibility index (Phi) is 11.1. The number of hydrogen-bond donors (Lipinski definition) is 1. The normalized spacial score (nSPS) is 16.1. The molecule has 0 amide bonds.